The molecular formula is C15H21N5O. The second-order valence-corrected chi connectivity index (χ2v) is 5.39. The lowest BCUT2D eigenvalue weighted by molar-refractivity contribution is 0.232. The highest BCUT2D eigenvalue weighted by atomic mass is 16.3. The molecule has 0 bridgehead atoms. The first-order chi connectivity index (χ1) is 10.2. The fourth-order valence-electron chi connectivity index (χ4n) is 2.61. The fraction of sp³-hybridized carbons (Fsp3) is 0.467. The molecule has 0 spiro atoms. The number of furan rings is 1. The van der Waals surface area contributed by atoms with Crippen molar-refractivity contribution in [2.75, 3.05) is 37.6 Å². The highest BCUT2D eigenvalue weighted by molar-refractivity contribution is 5.29. The molecule has 1 aliphatic rings. The first-order valence-electron chi connectivity index (χ1n) is 7.28. The normalized spacial score (nSPS) is 17.9. The summed E-state index contributed by atoms with van der Waals surface area (Å²) in [4.78, 5) is 13.2. The van der Waals surface area contributed by atoms with Crippen LogP contribution in [0.15, 0.2) is 35.0 Å². The van der Waals surface area contributed by atoms with Crippen LogP contribution in [-0.4, -0.2) is 47.6 Å². The van der Waals surface area contributed by atoms with E-state index in [0.29, 0.717) is 0 Å². The van der Waals surface area contributed by atoms with Gasteiger partial charge in [0.15, 0.2) is 0 Å². The van der Waals surface area contributed by atoms with Gasteiger partial charge in [0.05, 0.1) is 6.04 Å². The molecule has 0 aromatic carbocycles. The maximum absolute atomic E-state index is 6.21. The number of hydrogen-bond donors (Lipinski definition) is 1. The van der Waals surface area contributed by atoms with Gasteiger partial charge in [-0.1, -0.05) is 0 Å². The largest absolute Gasteiger partial charge is 0.465 e. The minimum absolute atomic E-state index is 0.0711. The van der Waals surface area contributed by atoms with Crippen LogP contribution in [-0.2, 0) is 0 Å². The number of piperazine rings is 1. The van der Waals surface area contributed by atoms with Gasteiger partial charge in [-0.25, -0.2) is 9.97 Å². The zero-order valence-electron chi connectivity index (χ0n) is 12.3. The van der Waals surface area contributed by atoms with Crippen molar-refractivity contribution in [2.24, 2.45) is 5.73 Å². The molecular weight excluding hydrogens is 266 g/mol. The van der Waals surface area contributed by atoms with Gasteiger partial charge in [-0.2, -0.15) is 0 Å². The van der Waals surface area contributed by atoms with E-state index in [2.05, 4.69) is 19.8 Å². The highest BCUT2D eigenvalue weighted by Gasteiger charge is 2.21. The lowest BCUT2D eigenvalue weighted by Gasteiger charge is -2.35. The summed E-state index contributed by atoms with van der Waals surface area (Å²) >= 11 is 0. The number of nitrogens with zero attached hydrogens (tertiary/aromatic N) is 4. The quantitative estimate of drug-likeness (QED) is 0.911. The van der Waals surface area contributed by atoms with Gasteiger partial charge in [-0.15, -0.1) is 0 Å². The first-order valence-corrected chi connectivity index (χ1v) is 7.28. The molecule has 1 atom stereocenters. The topological polar surface area (TPSA) is 71.4 Å². The summed E-state index contributed by atoms with van der Waals surface area (Å²) in [6.45, 7) is 6.53. The summed E-state index contributed by atoms with van der Waals surface area (Å²) < 4.78 is 5.60. The standard InChI is InChI=1S/C15H21N5O/c1-12-3-4-14(21-12)13(16)11-19-7-9-20(10-8-19)15-17-5-2-6-18-15/h2-6,13H,7-11,16H2,1H3. The van der Waals surface area contributed by atoms with Crippen LogP contribution >= 0.6 is 0 Å². The van der Waals surface area contributed by atoms with Gasteiger partial charge in [-0.3, -0.25) is 4.90 Å². The monoisotopic (exact) mass is 287 g/mol. The van der Waals surface area contributed by atoms with Crippen LogP contribution in [0.1, 0.15) is 17.6 Å². The van der Waals surface area contributed by atoms with Crippen LogP contribution in [0.2, 0.25) is 0 Å². The van der Waals surface area contributed by atoms with Crippen LogP contribution in [0.5, 0.6) is 0 Å². The molecule has 0 radical (unpaired) electrons. The molecule has 112 valence electrons. The van der Waals surface area contributed by atoms with Crippen molar-refractivity contribution in [3.05, 3.63) is 42.1 Å². The number of aromatic nitrogens is 2. The molecule has 2 aromatic heterocycles. The Kier molecular flexibility index (Phi) is 4.17. The van der Waals surface area contributed by atoms with Gasteiger partial charge in [0.2, 0.25) is 5.95 Å². The van der Waals surface area contributed by atoms with E-state index < -0.39 is 0 Å². The molecule has 6 heteroatoms. The summed E-state index contributed by atoms with van der Waals surface area (Å²) in [6, 6.07) is 5.69. The Morgan fingerprint density at radius 1 is 1.19 bits per heavy atom. The summed E-state index contributed by atoms with van der Waals surface area (Å²) in [5, 5.41) is 0. The summed E-state index contributed by atoms with van der Waals surface area (Å²) in [7, 11) is 0. The molecule has 21 heavy (non-hydrogen) atoms. The summed E-state index contributed by atoms with van der Waals surface area (Å²) in [5.74, 6) is 2.58. The molecule has 3 heterocycles. The van der Waals surface area contributed by atoms with Gasteiger partial charge in [0.1, 0.15) is 11.5 Å². The third-order valence-corrected chi connectivity index (χ3v) is 3.79. The summed E-state index contributed by atoms with van der Waals surface area (Å²) in [5.41, 5.74) is 6.21. The van der Waals surface area contributed by atoms with E-state index in [-0.39, 0.29) is 6.04 Å². The van der Waals surface area contributed by atoms with Gasteiger partial charge >= 0.3 is 0 Å². The molecule has 0 aliphatic carbocycles. The van der Waals surface area contributed by atoms with Crippen LogP contribution in [0.3, 0.4) is 0 Å². The van der Waals surface area contributed by atoms with E-state index >= 15 is 0 Å². The average Bonchev–Trinajstić information content (AvgIpc) is 2.96. The third-order valence-electron chi connectivity index (χ3n) is 3.79. The maximum atomic E-state index is 6.21. The fourth-order valence-corrected chi connectivity index (χ4v) is 2.61. The summed E-state index contributed by atoms with van der Waals surface area (Å²) in [6.07, 6.45) is 3.56. The Morgan fingerprint density at radius 2 is 1.90 bits per heavy atom. The van der Waals surface area contributed by atoms with Crippen LogP contribution in [0, 0.1) is 6.92 Å². The number of nitrogens with two attached hydrogens (primary N) is 1. The van der Waals surface area contributed by atoms with Crippen molar-refractivity contribution in [3.63, 3.8) is 0 Å². The molecule has 0 amide bonds. The van der Waals surface area contributed by atoms with Crippen LogP contribution in [0.25, 0.3) is 0 Å². The van der Waals surface area contributed by atoms with E-state index in [9.17, 15) is 0 Å². The Labute approximate surface area is 124 Å². The molecule has 1 saturated heterocycles. The van der Waals surface area contributed by atoms with E-state index in [0.717, 1.165) is 50.2 Å². The Bertz CT molecular complexity index is 562. The predicted octanol–water partition coefficient (Wildman–Crippen LogP) is 1.20. The van der Waals surface area contributed by atoms with Gasteiger partial charge in [0.25, 0.3) is 0 Å². The smallest absolute Gasteiger partial charge is 0.225 e. The van der Waals surface area contributed by atoms with Crippen molar-refractivity contribution >= 4 is 5.95 Å². The van der Waals surface area contributed by atoms with Crippen molar-refractivity contribution in [1.29, 1.82) is 0 Å². The van der Waals surface area contributed by atoms with Crippen molar-refractivity contribution in [1.82, 2.24) is 14.9 Å². The Hall–Kier alpha value is -1.92. The number of aryl methyl sites for hydroxylation is 1. The molecule has 6 nitrogen and oxygen atoms in total. The molecule has 1 unspecified atom stereocenters. The van der Waals surface area contributed by atoms with Crippen molar-refractivity contribution < 1.29 is 4.42 Å². The first kappa shape index (κ1) is 14.0. The average molecular weight is 287 g/mol. The number of anilines is 1. The number of rotatable bonds is 4. The minimum Gasteiger partial charge on any atom is -0.465 e. The van der Waals surface area contributed by atoms with Gasteiger partial charge in [0, 0.05) is 45.1 Å². The van der Waals surface area contributed by atoms with Crippen LogP contribution < -0.4 is 10.6 Å². The Morgan fingerprint density at radius 3 is 2.52 bits per heavy atom. The number of hydrogen-bond acceptors (Lipinski definition) is 6. The van der Waals surface area contributed by atoms with Crippen LogP contribution in [0.4, 0.5) is 5.95 Å². The lowest BCUT2D eigenvalue weighted by atomic mass is 10.2. The lowest BCUT2D eigenvalue weighted by Crippen LogP contribution is -2.48. The zero-order valence-corrected chi connectivity index (χ0v) is 12.3. The van der Waals surface area contributed by atoms with E-state index in [4.69, 9.17) is 10.2 Å². The molecule has 1 fully saturated rings. The highest BCUT2D eigenvalue weighted by Crippen LogP contribution is 2.17. The second-order valence-electron chi connectivity index (χ2n) is 5.39. The molecule has 2 N–H and O–H groups in total. The van der Waals surface area contributed by atoms with Crippen molar-refractivity contribution in [3.8, 4) is 0 Å². The second kappa shape index (κ2) is 6.24. The molecule has 2 aromatic rings. The third kappa shape index (κ3) is 3.40. The van der Waals surface area contributed by atoms with Gasteiger partial charge < -0.3 is 15.1 Å². The van der Waals surface area contributed by atoms with E-state index in [1.165, 1.54) is 0 Å². The predicted molar refractivity (Wildman–Crippen MR) is 81.1 cm³/mol. The molecule has 3 rings (SSSR count). The zero-order chi connectivity index (χ0) is 14.7. The minimum atomic E-state index is -0.0711. The maximum Gasteiger partial charge on any atom is 0.225 e. The SMILES string of the molecule is Cc1ccc(C(N)CN2CCN(c3ncccn3)CC2)o1. The van der Waals surface area contributed by atoms with E-state index in [1.807, 2.05) is 25.1 Å². The van der Waals surface area contributed by atoms with E-state index in [1.54, 1.807) is 12.4 Å². The molecule has 1 aliphatic heterocycles. The Balaban J connectivity index is 1.52. The van der Waals surface area contributed by atoms with Gasteiger partial charge in [-0.05, 0) is 25.1 Å². The molecule has 0 saturated carbocycles. The van der Waals surface area contributed by atoms with Crippen molar-refractivity contribution in [2.45, 2.75) is 13.0 Å².